The molecule has 22 heavy (non-hydrogen) atoms. The molecule has 0 saturated heterocycles. The van der Waals surface area contributed by atoms with E-state index >= 15 is 0 Å². The van der Waals surface area contributed by atoms with Gasteiger partial charge in [-0.1, -0.05) is 24.3 Å². The van der Waals surface area contributed by atoms with Crippen molar-refractivity contribution in [2.75, 3.05) is 0 Å². The number of phenols is 4. The van der Waals surface area contributed by atoms with E-state index in [9.17, 15) is 25.0 Å². The molecule has 0 heterocycles. The molecular weight excluding hydrogens is 311 g/mol. The smallest absolute Gasteiger partial charge is 0.319 e. The average Bonchev–Trinajstić information content (AvgIpc) is 2.50. The zero-order chi connectivity index (χ0) is 16.1. The van der Waals surface area contributed by atoms with E-state index in [-0.39, 0.29) is 47.3 Å². The van der Waals surface area contributed by atoms with Gasteiger partial charge in [0.25, 0.3) is 0 Å². The lowest BCUT2D eigenvalue weighted by Gasteiger charge is -2.09. The van der Waals surface area contributed by atoms with Crippen molar-refractivity contribution in [3.05, 3.63) is 47.5 Å². The third-order valence-corrected chi connectivity index (χ3v) is 3.65. The van der Waals surface area contributed by atoms with Crippen LogP contribution >= 0.6 is 8.25 Å². The minimum Gasteiger partial charge on any atom is -0.504 e. The molecule has 2 aromatic carbocycles. The molecule has 0 spiro atoms. The lowest BCUT2D eigenvalue weighted by Crippen LogP contribution is -1.91. The fraction of sp³-hybridized carbons (Fsp3) is 0.143. The number of aromatic hydroxyl groups is 4. The molecule has 0 amide bonds. The van der Waals surface area contributed by atoms with Crippen molar-refractivity contribution < 1.29 is 34.0 Å². The summed E-state index contributed by atoms with van der Waals surface area (Å²) in [5.41, 5.74) is 0.532. The standard InChI is InChI=1S/C14H15O7P/c15-11-5-1-3-9(13(11)17)7-20-22(19)21-8-10-4-2-6-12(16)14(10)18/h1-6,15-18,22H,7-8H2. The molecule has 4 N–H and O–H groups in total. The Morgan fingerprint density at radius 3 is 1.59 bits per heavy atom. The lowest BCUT2D eigenvalue weighted by molar-refractivity contribution is 0.208. The van der Waals surface area contributed by atoms with Crippen LogP contribution in [0.1, 0.15) is 11.1 Å². The van der Waals surface area contributed by atoms with E-state index in [0.717, 1.165) is 0 Å². The molecule has 0 unspecified atom stereocenters. The van der Waals surface area contributed by atoms with E-state index in [0.29, 0.717) is 0 Å². The minimum atomic E-state index is -2.88. The van der Waals surface area contributed by atoms with E-state index in [4.69, 9.17) is 9.05 Å². The van der Waals surface area contributed by atoms with Gasteiger partial charge in [-0.3, -0.25) is 4.57 Å². The molecule has 0 radical (unpaired) electrons. The highest BCUT2D eigenvalue weighted by molar-refractivity contribution is 7.33. The Morgan fingerprint density at radius 1 is 0.773 bits per heavy atom. The maximum absolute atomic E-state index is 11.6. The van der Waals surface area contributed by atoms with Gasteiger partial charge < -0.3 is 29.5 Å². The first-order valence-corrected chi connectivity index (χ1v) is 7.50. The van der Waals surface area contributed by atoms with E-state index < -0.39 is 8.25 Å². The van der Waals surface area contributed by atoms with Gasteiger partial charge in [0.2, 0.25) is 0 Å². The predicted octanol–water partition coefficient (Wildman–Crippen LogP) is 2.63. The highest BCUT2D eigenvalue weighted by atomic mass is 31.1. The third-order valence-electron chi connectivity index (χ3n) is 2.89. The highest BCUT2D eigenvalue weighted by Gasteiger charge is 2.10. The zero-order valence-electron chi connectivity index (χ0n) is 11.4. The largest absolute Gasteiger partial charge is 0.504 e. The van der Waals surface area contributed by atoms with Crippen molar-refractivity contribution in [3.8, 4) is 23.0 Å². The zero-order valence-corrected chi connectivity index (χ0v) is 12.4. The van der Waals surface area contributed by atoms with Gasteiger partial charge in [-0.25, -0.2) is 0 Å². The number of rotatable bonds is 6. The Balaban J connectivity index is 1.88. The SMILES string of the molecule is O=[PH](OCc1cccc(O)c1O)OCc1cccc(O)c1O. The first-order valence-electron chi connectivity index (χ1n) is 6.28. The number of hydrogen-bond acceptors (Lipinski definition) is 7. The fourth-order valence-electron chi connectivity index (χ4n) is 1.70. The predicted molar refractivity (Wildman–Crippen MR) is 78.1 cm³/mol. The van der Waals surface area contributed by atoms with Crippen LogP contribution in [0, 0.1) is 0 Å². The van der Waals surface area contributed by atoms with Crippen molar-refractivity contribution >= 4 is 8.25 Å². The van der Waals surface area contributed by atoms with Gasteiger partial charge in [0.15, 0.2) is 23.0 Å². The average molecular weight is 326 g/mol. The summed E-state index contributed by atoms with van der Waals surface area (Å²) in [5, 5.41) is 37.8. The van der Waals surface area contributed by atoms with Gasteiger partial charge in [-0.15, -0.1) is 0 Å². The van der Waals surface area contributed by atoms with Crippen molar-refractivity contribution in [3.63, 3.8) is 0 Å². The molecular formula is C14H15O7P. The summed E-state index contributed by atoms with van der Waals surface area (Å²) >= 11 is 0. The van der Waals surface area contributed by atoms with Crippen LogP contribution in [0.3, 0.4) is 0 Å². The molecule has 0 bridgehead atoms. The highest BCUT2D eigenvalue weighted by Crippen LogP contribution is 2.35. The van der Waals surface area contributed by atoms with E-state index in [1.165, 1.54) is 36.4 Å². The Hall–Kier alpha value is -2.21. The Kier molecular flexibility index (Phi) is 5.27. The number of benzene rings is 2. The molecule has 0 fully saturated rings. The Morgan fingerprint density at radius 2 is 1.18 bits per heavy atom. The van der Waals surface area contributed by atoms with Crippen molar-refractivity contribution in [1.82, 2.24) is 0 Å². The molecule has 7 nitrogen and oxygen atoms in total. The first kappa shape index (κ1) is 16.2. The normalized spacial score (nSPS) is 11.0. The Bertz CT molecular complexity index is 629. The van der Waals surface area contributed by atoms with Gasteiger partial charge in [0, 0.05) is 11.1 Å². The topological polar surface area (TPSA) is 116 Å². The summed E-state index contributed by atoms with van der Waals surface area (Å²) in [5.74, 6) is -1.29. The van der Waals surface area contributed by atoms with Crippen LogP contribution in [-0.2, 0) is 26.8 Å². The van der Waals surface area contributed by atoms with Gasteiger partial charge in [-0.05, 0) is 12.1 Å². The molecule has 0 aliphatic rings. The number of hydrogen-bond donors (Lipinski definition) is 4. The minimum absolute atomic E-state index is 0.204. The summed E-state index contributed by atoms with van der Waals surface area (Å²) in [7, 11) is -2.88. The van der Waals surface area contributed by atoms with Crippen LogP contribution in [0.4, 0.5) is 0 Å². The van der Waals surface area contributed by atoms with Crippen molar-refractivity contribution in [1.29, 1.82) is 0 Å². The monoisotopic (exact) mass is 326 g/mol. The summed E-state index contributed by atoms with van der Waals surface area (Å²) in [6.45, 7) is -0.409. The van der Waals surface area contributed by atoms with Crippen LogP contribution in [-0.4, -0.2) is 20.4 Å². The lowest BCUT2D eigenvalue weighted by atomic mass is 10.2. The molecule has 8 heteroatoms. The molecule has 2 rings (SSSR count). The molecule has 118 valence electrons. The molecule has 2 aromatic rings. The van der Waals surface area contributed by atoms with Gasteiger partial charge in [0.1, 0.15) is 0 Å². The molecule has 0 aliphatic heterocycles. The van der Waals surface area contributed by atoms with Crippen LogP contribution in [0.25, 0.3) is 0 Å². The molecule has 0 atom stereocenters. The van der Waals surface area contributed by atoms with E-state index in [1.807, 2.05) is 0 Å². The number of phenolic OH excluding ortho intramolecular Hbond substituents is 4. The van der Waals surface area contributed by atoms with Crippen molar-refractivity contribution in [2.45, 2.75) is 13.2 Å². The second kappa shape index (κ2) is 7.17. The van der Waals surface area contributed by atoms with Crippen LogP contribution in [0.15, 0.2) is 36.4 Å². The number of para-hydroxylation sites is 2. The fourth-order valence-corrected chi connectivity index (χ4v) is 2.33. The van der Waals surface area contributed by atoms with Gasteiger partial charge >= 0.3 is 8.25 Å². The second-order valence-corrected chi connectivity index (χ2v) is 5.47. The summed E-state index contributed by atoms with van der Waals surface area (Å²) < 4.78 is 21.6. The maximum Gasteiger partial charge on any atom is 0.319 e. The van der Waals surface area contributed by atoms with E-state index in [1.54, 1.807) is 0 Å². The summed E-state index contributed by atoms with van der Waals surface area (Å²) in [6.07, 6.45) is 0. The maximum atomic E-state index is 11.6. The van der Waals surface area contributed by atoms with Crippen molar-refractivity contribution in [2.24, 2.45) is 0 Å². The first-order chi connectivity index (χ1) is 10.5. The van der Waals surface area contributed by atoms with Crippen LogP contribution < -0.4 is 0 Å². The van der Waals surface area contributed by atoms with Gasteiger partial charge in [-0.2, -0.15) is 0 Å². The second-order valence-electron chi connectivity index (χ2n) is 4.40. The third kappa shape index (κ3) is 3.92. The van der Waals surface area contributed by atoms with Crippen LogP contribution in [0.5, 0.6) is 23.0 Å². The molecule has 0 saturated carbocycles. The summed E-state index contributed by atoms with van der Waals surface area (Å²) in [4.78, 5) is 0. The Labute approximate surface area is 127 Å². The van der Waals surface area contributed by atoms with Gasteiger partial charge in [0.05, 0.1) is 13.2 Å². The molecule has 0 aromatic heterocycles. The van der Waals surface area contributed by atoms with E-state index in [2.05, 4.69) is 0 Å². The quantitative estimate of drug-likeness (QED) is 0.476. The summed E-state index contributed by atoms with van der Waals surface area (Å²) in [6, 6.07) is 8.65. The molecule has 0 aliphatic carbocycles. The van der Waals surface area contributed by atoms with Crippen LogP contribution in [0.2, 0.25) is 0 Å².